The number of piperidine rings is 1. The highest BCUT2D eigenvalue weighted by Gasteiger charge is 2.33. The van der Waals surface area contributed by atoms with Crippen LogP contribution in [0.15, 0.2) is 59.7 Å². The minimum Gasteiger partial charge on any atom is -0.306 e. The Balaban J connectivity index is 1.58. The molecule has 7 heteroatoms. The molecular weight excluding hydrogens is 362 g/mol. The molecule has 3 aromatic rings. The van der Waals surface area contributed by atoms with E-state index < -0.39 is 5.92 Å². The summed E-state index contributed by atoms with van der Waals surface area (Å²) in [7, 11) is 0. The van der Waals surface area contributed by atoms with Crippen LogP contribution < -0.4 is 5.56 Å². The van der Waals surface area contributed by atoms with Gasteiger partial charge in [0.25, 0.3) is 11.5 Å². The van der Waals surface area contributed by atoms with Crippen molar-refractivity contribution in [2.45, 2.75) is 25.3 Å². The van der Waals surface area contributed by atoms with Gasteiger partial charge in [-0.05, 0) is 23.8 Å². The molecule has 1 aliphatic rings. The number of halogens is 2. The average molecular weight is 382 g/mol. The first kappa shape index (κ1) is 18.4. The first-order chi connectivity index (χ1) is 13.5. The maximum absolute atomic E-state index is 13.3. The van der Waals surface area contributed by atoms with Crippen molar-refractivity contribution in [2.75, 3.05) is 13.1 Å². The molecule has 144 valence electrons. The van der Waals surface area contributed by atoms with Gasteiger partial charge < -0.3 is 4.98 Å². The molecule has 1 N–H and O–H groups in total. The molecule has 1 aliphatic heterocycles. The van der Waals surface area contributed by atoms with Crippen molar-refractivity contribution >= 4 is 0 Å². The van der Waals surface area contributed by atoms with Crippen molar-refractivity contribution in [1.82, 2.24) is 19.9 Å². The highest BCUT2D eigenvalue weighted by atomic mass is 19.3. The Morgan fingerprint density at radius 1 is 1.07 bits per heavy atom. The van der Waals surface area contributed by atoms with Gasteiger partial charge in [-0.15, -0.1) is 0 Å². The topological polar surface area (TPSA) is 61.9 Å². The van der Waals surface area contributed by atoms with Crippen molar-refractivity contribution in [3.63, 3.8) is 0 Å². The number of pyridine rings is 1. The summed E-state index contributed by atoms with van der Waals surface area (Å²) in [5.74, 6) is -2.08. The highest BCUT2D eigenvalue weighted by Crippen LogP contribution is 2.28. The molecule has 0 unspecified atom stereocenters. The van der Waals surface area contributed by atoms with Gasteiger partial charge in [0, 0.05) is 62.1 Å². The van der Waals surface area contributed by atoms with E-state index in [1.165, 1.54) is 6.07 Å². The normalized spacial score (nSPS) is 16.8. The second-order valence-electron chi connectivity index (χ2n) is 7.05. The Bertz CT molecular complexity index is 1010. The van der Waals surface area contributed by atoms with E-state index in [0.29, 0.717) is 31.2 Å². The van der Waals surface area contributed by atoms with Gasteiger partial charge in [-0.3, -0.25) is 14.7 Å². The largest absolute Gasteiger partial charge is 0.306 e. The lowest BCUT2D eigenvalue weighted by atomic mass is 10.0. The number of aromatic amines is 1. The maximum atomic E-state index is 13.3. The predicted octanol–water partition coefficient (Wildman–Crippen LogP) is 3.73. The van der Waals surface area contributed by atoms with Gasteiger partial charge in [-0.1, -0.05) is 18.2 Å². The van der Waals surface area contributed by atoms with Crippen LogP contribution in [0.5, 0.6) is 0 Å². The monoisotopic (exact) mass is 382 g/mol. The molecule has 0 radical (unpaired) electrons. The zero-order valence-electron chi connectivity index (χ0n) is 15.2. The van der Waals surface area contributed by atoms with E-state index in [1.54, 1.807) is 18.5 Å². The van der Waals surface area contributed by atoms with Crippen LogP contribution >= 0.6 is 0 Å². The van der Waals surface area contributed by atoms with Crippen molar-refractivity contribution in [1.29, 1.82) is 0 Å². The molecule has 0 aliphatic carbocycles. The summed E-state index contributed by atoms with van der Waals surface area (Å²) in [5.41, 5.74) is 2.85. The zero-order chi connectivity index (χ0) is 19.6. The van der Waals surface area contributed by atoms with Gasteiger partial charge >= 0.3 is 0 Å². The molecular formula is C21H20F2N4O. The van der Waals surface area contributed by atoms with E-state index in [1.807, 2.05) is 35.2 Å². The molecule has 0 atom stereocenters. The molecule has 28 heavy (non-hydrogen) atoms. The van der Waals surface area contributed by atoms with Gasteiger partial charge in [0.2, 0.25) is 0 Å². The van der Waals surface area contributed by atoms with E-state index in [0.717, 1.165) is 16.7 Å². The molecule has 0 amide bonds. The summed E-state index contributed by atoms with van der Waals surface area (Å²) in [5, 5.41) is 0. The lowest BCUT2D eigenvalue weighted by Crippen LogP contribution is -2.38. The van der Waals surface area contributed by atoms with Crippen LogP contribution in [0.2, 0.25) is 0 Å². The average Bonchev–Trinajstić information content (AvgIpc) is 2.70. The number of likely N-dealkylation sites (tertiary alicyclic amines) is 1. The molecule has 5 nitrogen and oxygen atoms in total. The summed E-state index contributed by atoms with van der Waals surface area (Å²) in [4.78, 5) is 25.6. The predicted molar refractivity (Wildman–Crippen MR) is 103 cm³/mol. The fourth-order valence-corrected chi connectivity index (χ4v) is 3.37. The van der Waals surface area contributed by atoms with Crippen LogP contribution in [-0.2, 0) is 6.54 Å². The Morgan fingerprint density at radius 3 is 2.61 bits per heavy atom. The Kier molecular flexibility index (Phi) is 5.00. The fourth-order valence-electron chi connectivity index (χ4n) is 3.37. The van der Waals surface area contributed by atoms with Crippen LogP contribution in [-0.4, -0.2) is 38.9 Å². The SMILES string of the molecule is O=c1cc(-c2cccnc2)nc(-c2cccc(CN3CCC(F)(F)CC3)c2)[nH]1. The van der Waals surface area contributed by atoms with Gasteiger partial charge in [0.05, 0.1) is 5.69 Å². The molecule has 1 fully saturated rings. The Morgan fingerprint density at radius 2 is 1.86 bits per heavy atom. The summed E-state index contributed by atoms with van der Waals surface area (Å²) in [6.45, 7) is 1.35. The van der Waals surface area contributed by atoms with Crippen LogP contribution in [0.4, 0.5) is 8.78 Å². The quantitative estimate of drug-likeness (QED) is 0.747. The second kappa shape index (κ2) is 7.59. The first-order valence-electron chi connectivity index (χ1n) is 9.20. The van der Waals surface area contributed by atoms with E-state index in [9.17, 15) is 13.6 Å². The van der Waals surface area contributed by atoms with Gasteiger partial charge in [0.15, 0.2) is 0 Å². The first-order valence-corrected chi connectivity index (χ1v) is 9.20. The fraction of sp³-hybridized carbons (Fsp3) is 0.286. The number of rotatable bonds is 4. The van der Waals surface area contributed by atoms with Gasteiger partial charge in [0.1, 0.15) is 5.82 Å². The summed E-state index contributed by atoms with van der Waals surface area (Å²) in [6, 6.07) is 12.7. The molecule has 2 aromatic heterocycles. The lowest BCUT2D eigenvalue weighted by molar-refractivity contribution is -0.0566. The van der Waals surface area contributed by atoms with E-state index in [-0.39, 0.29) is 18.4 Å². The van der Waals surface area contributed by atoms with Crippen molar-refractivity contribution in [2.24, 2.45) is 0 Å². The van der Waals surface area contributed by atoms with E-state index in [4.69, 9.17) is 0 Å². The third kappa shape index (κ3) is 4.31. The van der Waals surface area contributed by atoms with E-state index >= 15 is 0 Å². The van der Waals surface area contributed by atoms with Crippen molar-refractivity contribution in [3.05, 3.63) is 70.8 Å². The number of alkyl halides is 2. The molecule has 0 bridgehead atoms. The van der Waals surface area contributed by atoms with E-state index in [2.05, 4.69) is 15.0 Å². The summed E-state index contributed by atoms with van der Waals surface area (Å²) >= 11 is 0. The lowest BCUT2D eigenvalue weighted by Gasteiger charge is -2.31. The van der Waals surface area contributed by atoms with Gasteiger partial charge in [-0.2, -0.15) is 0 Å². The highest BCUT2D eigenvalue weighted by molar-refractivity contribution is 5.63. The van der Waals surface area contributed by atoms with Crippen LogP contribution in [0.1, 0.15) is 18.4 Å². The molecule has 1 aromatic carbocycles. The number of hydrogen-bond acceptors (Lipinski definition) is 4. The number of aromatic nitrogens is 3. The number of nitrogens with one attached hydrogen (secondary N) is 1. The number of hydrogen-bond donors (Lipinski definition) is 1. The number of nitrogens with zero attached hydrogens (tertiary/aromatic N) is 3. The summed E-state index contributed by atoms with van der Waals surface area (Å²) < 4.78 is 26.7. The molecule has 0 saturated carbocycles. The standard InChI is InChI=1S/C21H20F2N4O/c22-21(23)6-9-27(10-7-21)14-15-3-1-4-16(11-15)20-25-18(12-19(28)26-20)17-5-2-8-24-13-17/h1-5,8,11-13H,6-7,9-10,14H2,(H,25,26,28). The molecule has 1 saturated heterocycles. The zero-order valence-corrected chi connectivity index (χ0v) is 15.2. The Labute approximate surface area is 161 Å². The van der Waals surface area contributed by atoms with Crippen LogP contribution in [0.25, 0.3) is 22.6 Å². The smallest absolute Gasteiger partial charge is 0.251 e. The number of benzene rings is 1. The van der Waals surface area contributed by atoms with Crippen LogP contribution in [0, 0.1) is 0 Å². The van der Waals surface area contributed by atoms with Crippen molar-refractivity contribution in [3.8, 4) is 22.6 Å². The minimum atomic E-state index is -2.55. The Hall–Kier alpha value is -2.93. The molecule has 4 rings (SSSR count). The number of H-pyrrole nitrogens is 1. The third-order valence-electron chi connectivity index (χ3n) is 4.89. The van der Waals surface area contributed by atoms with Crippen LogP contribution in [0.3, 0.4) is 0 Å². The van der Waals surface area contributed by atoms with Gasteiger partial charge in [-0.25, -0.2) is 13.8 Å². The summed E-state index contributed by atoms with van der Waals surface area (Å²) in [6.07, 6.45) is 3.12. The molecule has 3 heterocycles. The second-order valence-corrected chi connectivity index (χ2v) is 7.05. The molecule has 0 spiro atoms. The minimum absolute atomic E-state index is 0.102. The maximum Gasteiger partial charge on any atom is 0.251 e. The third-order valence-corrected chi connectivity index (χ3v) is 4.89. The van der Waals surface area contributed by atoms with Crippen molar-refractivity contribution < 1.29 is 8.78 Å².